The molecule has 29 heavy (non-hydrogen) atoms. The molecule has 2 aromatic carbocycles. The van der Waals surface area contributed by atoms with Gasteiger partial charge in [-0.15, -0.1) is 0 Å². The normalized spacial score (nSPS) is 10.4. The van der Waals surface area contributed by atoms with E-state index < -0.39 is 0 Å². The van der Waals surface area contributed by atoms with Gasteiger partial charge in [0.25, 0.3) is 0 Å². The summed E-state index contributed by atoms with van der Waals surface area (Å²) in [5.41, 5.74) is 5.82. The Kier molecular flexibility index (Phi) is 3.98. The van der Waals surface area contributed by atoms with Gasteiger partial charge in [0.15, 0.2) is 0 Å². The van der Waals surface area contributed by atoms with Gasteiger partial charge in [-0.3, -0.25) is 14.5 Å². The van der Waals surface area contributed by atoms with Gasteiger partial charge in [-0.25, -0.2) is 4.98 Å². The third-order valence-electron chi connectivity index (χ3n) is 4.64. The number of imidazole rings is 1. The van der Waals surface area contributed by atoms with Gasteiger partial charge in [0.2, 0.25) is 0 Å². The van der Waals surface area contributed by atoms with Crippen LogP contribution in [-0.2, 0) is 0 Å². The summed E-state index contributed by atoms with van der Waals surface area (Å²) in [5.74, 6) is 6.33. The molecule has 0 radical (unpaired) electrons. The van der Waals surface area contributed by atoms with Crippen LogP contribution in [0.15, 0.2) is 79.5 Å². The molecule has 0 unspecified atom stereocenters. The van der Waals surface area contributed by atoms with Crippen molar-refractivity contribution in [3.63, 3.8) is 0 Å². The lowest BCUT2D eigenvalue weighted by Crippen LogP contribution is -1.94. The average Bonchev–Trinajstić information content (AvgIpc) is 3.23. The highest BCUT2D eigenvalue weighted by Gasteiger charge is 2.11. The molecule has 0 N–H and O–H groups in total. The molecule has 0 saturated heterocycles. The van der Waals surface area contributed by atoms with Crippen LogP contribution in [0.2, 0.25) is 0 Å². The van der Waals surface area contributed by atoms with E-state index in [4.69, 9.17) is 0 Å². The Bertz CT molecular complexity index is 1460. The Balaban J connectivity index is 1.70. The second kappa shape index (κ2) is 6.92. The highest BCUT2D eigenvalue weighted by atomic mass is 15.1. The number of hydrogen-bond acceptors (Lipinski definition) is 4. The van der Waals surface area contributed by atoms with Crippen LogP contribution in [0.4, 0.5) is 0 Å². The van der Waals surface area contributed by atoms with Crippen LogP contribution in [0.25, 0.3) is 27.6 Å². The van der Waals surface area contributed by atoms with Crippen LogP contribution in [0.1, 0.15) is 16.7 Å². The Morgan fingerprint density at radius 2 is 1.69 bits per heavy atom. The summed E-state index contributed by atoms with van der Waals surface area (Å²) >= 11 is 0. The highest BCUT2D eigenvalue weighted by Crippen LogP contribution is 2.26. The standard InChI is InChI=1S/C24H13N5/c25-13-19-3-1-5-20(11-19)29-16-28-23-15-27-22-9-8-17(12-21(22)24(23)29)6-7-18-4-2-10-26-14-18/h1-5,8-12,14-16H. The van der Waals surface area contributed by atoms with Crippen molar-refractivity contribution in [1.82, 2.24) is 19.5 Å². The quantitative estimate of drug-likeness (QED) is 0.413. The predicted octanol–water partition coefficient (Wildman–Crippen LogP) is 4.24. The van der Waals surface area contributed by atoms with Crippen molar-refractivity contribution in [1.29, 1.82) is 5.26 Å². The Labute approximate surface area is 166 Å². The maximum absolute atomic E-state index is 9.23. The van der Waals surface area contributed by atoms with E-state index in [-0.39, 0.29) is 0 Å². The van der Waals surface area contributed by atoms with Gasteiger partial charge >= 0.3 is 0 Å². The number of aromatic nitrogens is 4. The molecule has 0 fully saturated rings. The number of hydrogen-bond donors (Lipinski definition) is 0. The fourth-order valence-corrected chi connectivity index (χ4v) is 3.27. The number of benzene rings is 2. The minimum atomic E-state index is 0.603. The van der Waals surface area contributed by atoms with E-state index in [9.17, 15) is 5.26 Å². The van der Waals surface area contributed by atoms with Gasteiger partial charge in [0.05, 0.1) is 28.9 Å². The Morgan fingerprint density at radius 3 is 2.55 bits per heavy atom. The molecular weight excluding hydrogens is 358 g/mol. The summed E-state index contributed by atoms with van der Waals surface area (Å²) in [6.07, 6.45) is 7.00. The number of rotatable bonds is 1. The zero-order chi connectivity index (χ0) is 19.6. The van der Waals surface area contributed by atoms with Gasteiger partial charge in [0, 0.05) is 34.6 Å². The molecule has 134 valence electrons. The molecule has 0 aliphatic carbocycles. The summed E-state index contributed by atoms with van der Waals surface area (Å²) in [4.78, 5) is 13.1. The molecule has 3 aromatic heterocycles. The lowest BCUT2D eigenvalue weighted by Gasteiger charge is -2.07. The zero-order valence-corrected chi connectivity index (χ0v) is 15.2. The van der Waals surface area contributed by atoms with Crippen molar-refractivity contribution in [3.8, 4) is 23.6 Å². The van der Waals surface area contributed by atoms with Crippen LogP contribution < -0.4 is 0 Å². The summed E-state index contributed by atoms with van der Waals surface area (Å²) < 4.78 is 1.98. The fraction of sp³-hybridized carbons (Fsp3) is 0. The monoisotopic (exact) mass is 371 g/mol. The van der Waals surface area contributed by atoms with Crippen LogP contribution in [0.3, 0.4) is 0 Å². The second-order valence-electron chi connectivity index (χ2n) is 6.49. The fourth-order valence-electron chi connectivity index (χ4n) is 3.27. The number of pyridine rings is 2. The summed E-state index contributed by atoms with van der Waals surface area (Å²) in [6.45, 7) is 0. The van der Waals surface area contributed by atoms with E-state index in [1.165, 1.54) is 0 Å². The first-order valence-corrected chi connectivity index (χ1v) is 9.00. The number of nitriles is 1. The minimum absolute atomic E-state index is 0.603. The van der Waals surface area contributed by atoms with E-state index in [0.717, 1.165) is 38.8 Å². The maximum Gasteiger partial charge on any atom is 0.108 e. The first-order chi connectivity index (χ1) is 14.3. The molecule has 0 atom stereocenters. The van der Waals surface area contributed by atoms with E-state index in [1.807, 2.05) is 53.1 Å². The minimum Gasteiger partial charge on any atom is -0.298 e. The van der Waals surface area contributed by atoms with Crippen LogP contribution in [0.5, 0.6) is 0 Å². The van der Waals surface area contributed by atoms with Crippen molar-refractivity contribution in [3.05, 3.63) is 96.2 Å². The van der Waals surface area contributed by atoms with Crippen molar-refractivity contribution in [2.24, 2.45) is 0 Å². The summed E-state index contributed by atoms with van der Waals surface area (Å²) in [5, 5.41) is 10.2. The zero-order valence-electron chi connectivity index (χ0n) is 15.2. The van der Waals surface area contributed by atoms with Crippen LogP contribution >= 0.6 is 0 Å². The molecule has 0 amide bonds. The van der Waals surface area contributed by atoms with E-state index in [0.29, 0.717) is 5.56 Å². The predicted molar refractivity (Wildman–Crippen MR) is 111 cm³/mol. The van der Waals surface area contributed by atoms with Gasteiger partial charge in [-0.2, -0.15) is 5.26 Å². The molecule has 0 spiro atoms. The maximum atomic E-state index is 9.23. The van der Waals surface area contributed by atoms with E-state index >= 15 is 0 Å². The summed E-state index contributed by atoms with van der Waals surface area (Å²) in [7, 11) is 0. The number of fused-ring (bicyclic) bond motifs is 3. The van der Waals surface area contributed by atoms with Crippen molar-refractivity contribution < 1.29 is 0 Å². The Hall–Kier alpha value is -4.48. The SMILES string of the molecule is N#Cc1cccc(-n2cnc3cnc4ccc(C#Cc5cccnc5)cc4c32)c1. The number of nitrogens with zero attached hydrogens (tertiary/aromatic N) is 5. The van der Waals surface area contributed by atoms with Gasteiger partial charge in [0.1, 0.15) is 11.8 Å². The molecule has 0 aliphatic heterocycles. The van der Waals surface area contributed by atoms with Crippen molar-refractivity contribution in [2.45, 2.75) is 0 Å². The first kappa shape index (κ1) is 16.7. The molecule has 5 nitrogen and oxygen atoms in total. The molecule has 0 bridgehead atoms. The lowest BCUT2D eigenvalue weighted by atomic mass is 10.1. The van der Waals surface area contributed by atoms with E-state index in [2.05, 4.69) is 32.9 Å². The van der Waals surface area contributed by atoms with E-state index in [1.54, 1.807) is 31.0 Å². The average molecular weight is 371 g/mol. The topological polar surface area (TPSA) is 67.4 Å². The van der Waals surface area contributed by atoms with Crippen LogP contribution in [0, 0.1) is 23.2 Å². The van der Waals surface area contributed by atoms with Gasteiger partial charge in [-0.05, 0) is 48.5 Å². The third kappa shape index (κ3) is 3.07. The Morgan fingerprint density at radius 1 is 0.793 bits per heavy atom. The molecule has 5 aromatic rings. The highest BCUT2D eigenvalue weighted by molar-refractivity contribution is 6.03. The van der Waals surface area contributed by atoms with Crippen molar-refractivity contribution in [2.75, 3.05) is 0 Å². The van der Waals surface area contributed by atoms with Crippen molar-refractivity contribution >= 4 is 21.9 Å². The molecule has 0 aliphatic rings. The molecule has 5 heteroatoms. The molecule has 0 saturated carbocycles. The second-order valence-corrected chi connectivity index (χ2v) is 6.49. The smallest absolute Gasteiger partial charge is 0.108 e. The molecule has 3 heterocycles. The molecular formula is C24H13N5. The van der Waals surface area contributed by atoms with Gasteiger partial charge < -0.3 is 0 Å². The lowest BCUT2D eigenvalue weighted by molar-refractivity contribution is 1.09. The third-order valence-corrected chi connectivity index (χ3v) is 4.64. The molecule has 5 rings (SSSR count). The largest absolute Gasteiger partial charge is 0.298 e. The van der Waals surface area contributed by atoms with Gasteiger partial charge in [-0.1, -0.05) is 17.9 Å². The first-order valence-electron chi connectivity index (χ1n) is 9.00. The van der Waals surface area contributed by atoms with Crippen LogP contribution in [-0.4, -0.2) is 19.5 Å². The summed E-state index contributed by atoms with van der Waals surface area (Å²) in [6, 6.07) is 19.4.